The van der Waals surface area contributed by atoms with E-state index >= 15 is 0 Å². The van der Waals surface area contributed by atoms with Crippen LogP contribution in [0.25, 0.3) is 0 Å². The van der Waals surface area contributed by atoms with E-state index in [0.29, 0.717) is 12.8 Å². The minimum absolute atomic E-state index is 0.645. The summed E-state index contributed by atoms with van der Waals surface area (Å²) >= 11 is 0. The molecule has 0 spiro atoms. The Hall–Kier alpha value is -1.09. The maximum Gasteiger partial charge on any atom is 0.154 e. The van der Waals surface area contributed by atoms with Gasteiger partial charge in [0.15, 0.2) is 7.28 Å². The van der Waals surface area contributed by atoms with Crippen molar-refractivity contribution in [3.8, 4) is 0 Å². The molecule has 72 valence electrons. The Balaban J connectivity index is 2.44. The van der Waals surface area contributed by atoms with Gasteiger partial charge in [-0.3, -0.25) is 0 Å². The summed E-state index contributed by atoms with van der Waals surface area (Å²) in [6, 6.07) is 6.25. The molecule has 0 aromatic heterocycles. The minimum atomic E-state index is -0.645. The van der Waals surface area contributed by atoms with Crippen molar-refractivity contribution < 1.29 is 4.79 Å². The molecular weight excluding hydrogens is 173 g/mol. The number of hydrogen-bond donors (Lipinski definition) is 1. The monoisotopic (exact) mass is 187 g/mol. The molecule has 3 heteroatoms. The molecule has 1 aromatic rings. The number of benzene rings is 1. The van der Waals surface area contributed by atoms with Crippen LogP contribution in [-0.2, 0) is 17.6 Å². The van der Waals surface area contributed by atoms with Gasteiger partial charge < -0.3 is 10.5 Å². The second-order valence-electron chi connectivity index (χ2n) is 4.11. The largest absolute Gasteiger partial charge is 0.319 e. The van der Waals surface area contributed by atoms with Crippen molar-refractivity contribution in [2.45, 2.75) is 25.2 Å². The van der Waals surface area contributed by atoms with Gasteiger partial charge >= 0.3 is 0 Å². The summed E-state index contributed by atoms with van der Waals surface area (Å²) in [5.41, 5.74) is 9.19. The zero-order valence-corrected chi connectivity index (χ0v) is 8.42. The van der Waals surface area contributed by atoms with Crippen molar-refractivity contribution in [2.75, 3.05) is 0 Å². The summed E-state index contributed by atoms with van der Waals surface area (Å²) in [7, 11) is 1.01. The van der Waals surface area contributed by atoms with E-state index in [4.69, 9.17) is 5.73 Å². The van der Waals surface area contributed by atoms with Gasteiger partial charge in [-0.25, -0.2) is 0 Å². The van der Waals surface area contributed by atoms with Crippen LogP contribution >= 0.6 is 0 Å². The molecular formula is C11H14BNO. The lowest BCUT2D eigenvalue weighted by Crippen LogP contribution is -2.42. The lowest BCUT2D eigenvalue weighted by atomic mass is 9.70. The molecule has 0 radical (unpaired) electrons. The van der Waals surface area contributed by atoms with Crippen LogP contribution in [0, 0.1) is 0 Å². The number of carbonyl (C=O) groups is 1. The molecule has 14 heavy (non-hydrogen) atoms. The van der Waals surface area contributed by atoms with E-state index in [0.717, 1.165) is 13.6 Å². The first kappa shape index (κ1) is 9.47. The first-order chi connectivity index (χ1) is 6.68. The zero-order chi connectivity index (χ0) is 10.2. The molecule has 0 aliphatic heterocycles. The smallest absolute Gasteiger partial charge is 0.154 e. The van der Waals surface area contributed by atoms with Crippen LogP contribution in [0.5, 0.6) is 0 Å². The molecule has 1 aromatic carbocycles. The van der Waals surface area contributed by atoms with Gasteiger partial charge in [-0.05, 0) is 24.0 Å². The maximum atomic E-state index is 10.9. The number of hydrogen-bond acceptors (Lipinski definition) is 2. The highest BCUT2D eigenvalue weighted by atomic mass is 16.1. The summed E-state index contributed by atoms with van der Waals surface area (Å²) < 4.78 is 0. The summed E-state index contributed by atoms with van der Waals surface area (Å²) in [4.78, 5) is 10.9. The van der Waals surface area contributed by atoms with Gasteiger partial charge in [0.25, 0.3) is 0 Å². The third-order valence-corrected chi connectivity index (χ3v) is 3.01. The van der Waals surface area contributed by atoms with E-state index in [1.54, 1.807) is 0 Å². The molecule has 1 aliphatic carbocycles. The summed E-state index contributed by atoms with van der Waals surface area (Å²) in [5.74, 6) is 0. The molecule has 0 fully saturated rings. The van der Waals surface area contributed by atoms with Gasteiger partial charge in [0.05, 0.1) is 5.54 Å². The fourth-order valence-electron chi connectivity index (χ4n) is 2.24. The average molecular weight is 187 g/mol. The van der Waals surface area contributed by atoms with Crippen LogP contribution in [0.1, 0.15) is 11.1 Å². The fourth-order valence-corrected chi connectivity index (χ4v) is 2.24. The van der Waals surface area contributed by atoms with Gasteiger partial charge in [0, 0.05) is 0 Å². The van der Waals surface area contributed by atoms with Crippen LogP contribution in [0.15, 0.2) is 18.2 Å². The molecule has 1 unspecified atom stereocenters. The number of rotatable bonds is 2. The van der Waals surface area contributed by atoms with Crippen LogP contribution in [0.4, 0.5) is 0 Å². The van der Waals surface area contributed by atoms with Gasteiger partial charge in [-0.15, -0.1) is 0 Å². The average Bonchev–Trinajstić information content (AvgIpc) is 2.54. The van der Waals surface area contributed by atoms with Crippen molar-refractivity contribution in [2.24, 2.45) is 5.73 Å². The highest BCUT2D eigenvalue weighted by Gasteiger charge is 2.33. The van der Waals surface area contributed by atoms with Crippen LogP contribution < -0.4 is 11.2 Å². The Morgan fingerprint density at radius 1 is 1.50 bits per heavy atom. The van der Waals surface area contributed by atoms with Crippen LogP contribution in [0.2, 0.25) is 6.82 Å². The molecule has 0 amide bonds. The highest BCUT2D eigenvalue weighted by Crippen LogP contribution is 2.25. The van der Waals surface area contributed by atoms with Gasteiger partial charge in [0.1, 0.15) is 6.29 Å². The summed E-state index contributed by atoms with van der Waals surface area (Å²) in [5, 5.41) is 0. The van der Waals surface area contributed by atoms with E-state index in [9.17, 15) is 4.79 Å². The quantitative estimate of drug-likeness (QED) is 0.514. The Morgan fingerprint density at radius 3 is 2.93 bits per heavy atom. The topological polar surface area (TPSA) is 43.1 Å². The SMILES string of the molecule is CBc1cccc2c1CC(N)(C=O)C2. The van der Waals surface area contributed by atoms with E-state index in [1.165, 1.54) is 16.6 Å². The Bertz CT molecular complexity index is 378. The molecule has 0 saturated heterocycles. The number of carbonyl (C=O) groups excluding carboxylic acids is 1. The normalized spacial score (nSPS) is 24.4. The van der Waals surface area contributed by atoms with Crippen LogP contribution in [0.3, 0.4) is 0 Å². The van der Waals surface area contributed by atoms with Crippen LogP contribution in [-0.4, -0.2) is 19.1 Å². The predicted molar refractivity (Wildman–Crippen MR) is 59.5 cm³/mol. The second-order valence-corrected chi connectivity index (χ2v) is 4.11. The maximum absolute atomic E-state index is 10.9. The number of nitrogens with two attached hydrogens (primary N) is 1. The standard InChI is InChI=1S/C11H14BNO/c1-12-10-4-2-3-8-5-11(13,7-14)6-9(8)10/h2-4,7,12H,5-6,13H2,1H3. The van der Waals surface area contributed by atoms with Crippen molar-refractivity contribution in [3.63, 3.8) is 0 Å². The molecule has 0 saturated carbocycles. The van der Waals surface area contributed by atoms with Gasteiger partial charge in [0.2, 0.25) is 0 Å². The highest BCUT2D eigenvalue weighted by molar-refractivity contribution is 6.52. The summed E-state index contributed by atoms with van der Waals surface area (Å²) in [6.45, 7) is 2.13. The van der Waals surface area contributed by atoms with E-state index in [2.05, 4.69) is 19.0 Å². The van der Waals surface area contributed by atoms with E-state index in [-0.39, 0.29) is 0 Å². The molecule has 2 rings (SSSR count). The minimum Gasteiger partial charge on any atom is -0.319 e. The Morgan fingerprint density at radius 2 is 2.29 bits per heavy atom. The lowest BCUT2D eigenvalue weighted by molar-refractivity contribution is -0.111. The first-order valence-corrected chi connectivity index (χ1v) is 5.03. The number of fused-ring (bicyclic) bond motifs is 1. The van der Waals surface area contributed by atoms with Crippen molar-refractivity contribution in [1.82, 2.24) is 0 Å². The molecule has 0 bridgehead atoms. The molecule has 0 heterocycles. The number of aldehydes is 1. The molecule has 1 aliphatic rings. The summed E-state index contributed by atoms with van der Waals surface area (Å²) in [6.07, 6.45) is 2.29. The van der Waals surface area contributed by atoms with Crippen molar-refractivity contribution in [3.05, 3.63) is 29.3 Å². The molecule has 1 atom stereocenters. The third-order valence-electron chi connectivity index (χ3n) is 3.01. The molecule has 2 nitrogen and oxygen atoms in total. The lowest BCUT2D eigenvalue weighted by Gasteiger charge is -2.13. The van der Waals surface area contributed by atoms with Crippen molar-refractivity contribution in [1.29, 1.82) is 0 Å². The van der Waals surface area contributed by atoms with Gasteiger partial charge in [-0.2, -0.15) is 0 Å². The first-order valence-electron chi connectivity index (χ1n) is 5.03. The van der Waals surface area contributed by atoms with E-state index in [1.807, 2.05) is 6.07 Å². The fraction of sp³-hybridized carbons (Fsp3) is 0.364. The van der Waals surface area contributed by atoms with Crippen molar-refractivity contribution >= 4 is 19.0 Å². The van der Waals surface area contributed by atoms with E-state index < -0.39 is 5.54 Å². The zero-order valence-electron chi connectivity index (χ0n) is 8.42. The predicted octanol–water partition coefficient (Wildman–Crippen LogP) is -0.209. The third kappa shape index (κ3) is 1.38. The Labute approximate surface area is 84.7 Å². The second kappa shape index (κ2) is 3.25. The Kier molecular flexibility index (Phi) is 2.19. The van der Waals surface area contributed by atoms with Gasteiger partial charge in [-0.1, -0.05) is 30.5 Å². The molecule has 2 N–H and O–H groups in total.